The Morgan fingerprint density at radius 2 is 0.932 bits per heavy atom. The van der Waals surface area contributed by atoms with Crippen LogP contribution in [0.15, 0.2) is 182 Å². The van der Waals surface area contributed by atoms with Crippen LogP contribution >= 0.6 is 0 Å². The van der Waals surface area contributed by atoms with Crippen molar-refractivity contribution in [2.45, 2.75) is 26.7 Å². The second kappa shape index (κ2) is 13.9. The second-order valence-corrected chi connectivity index (χ2v) is 15.9. The first kappa shape index (κ1) is 34.8. The van der Waals surface area contributed by atoms with Gasteiger partial charge in [0.05, 0.1) is 22.1 Å². The summed E-state index contributed by atoms with van der Waals surface area (Å²) in [5.74, 6) is 2.68. The number of para-hydroxylation sites is 2. The van der Waals surface area contributed by atoms with Crippen LogP contribution < -0.4 is 0 Å². The molecule has 1 atom stereocenters. The Morgan fingerprint density at radius 1 is 0.407 bits per heavy atom. The Labute approximate surface area is 342 Å². The molecule has 5 nitrogen and oxygen atoms in total. The molecule has 0 bridgehead atoms. The highest BCUT2D eigenvalue weighted by Gasteiger charge is 2.24. The van der Waals surface area contributed by atoms with Crippen molar-refractivity contribution in [3.8, 4) is 45.5 Å². The van der Waals surface area contributed by atoms with Gasteiger partial charge in [-0.3, -0.25) is 4.57 Å². The van der Waals surface area contributed by atoms with E-state index in [0.29, 0.717) is 29.4 Å². The Morgan fingerprint density at radius 3 is 1.56 bits per heavy atom. The summed E-state index contributed by atoms with van der Waals surface area (Å²) in [6.07, 6.45) is 0. The van der Waals surface area contributed by atoms with Gasteiger partial charge in [0.2, 0.25) is 5.95 Å². The molecule has 0 fully saturated rings. The van der Waals surface area contributed by atoms with Gasteiger partial charge >= 0.3 is 0 Å². The fourth-order valence-electron chi connectivity index (χ4n) is 9.06. The van der Waals surface area contributed by atoms with Gasteiger partial charge in [-0.25, -0.2) is 4.98 Å². The largest absolute Gasteiger partial charge is 0.307 e. The van der Waals surface area contributed by atoms with Crippen LogP contribution in [0.5, 0.6) is 0 Å². The quantitative estimate of drug-likeness (QED) is 0.163. The highest BCUT2D eigenvalue weighted by atomic mass is 15.2. The molecule has 8 aromatic carbocycles. The Hall–Kier alpha value is -7.37. The van der Waals surface area contributed by atoms with Crippen molar-refractivity contribution in [3.63, 3.8) is 0 Å². The summed E-state index contributed by atoms with van der Waals surface area (Å²) < 4.78 is 4.72. The van der Waals surface area contributed by atoms with E-state index in [4.69, 9.17) is 15.0 Å². The zero-order valence-corrected chi connectivity index (χ0v) is 33.2. The summed E-state index contributed by atoms with van der Waals surface area (Å²) in [5.41, 5.74) is 11.2. The third-order valence-corrected chi connectivity index (χ3v) is 12.2. The monoisotopic (exact) mass is 759 g/mol. The molecule has 0 saturated carbocycles. The van der Waals surface area contributed by atoms with E-state index in [1.54, 1.807) is 0 Å². The summed E-state index contributed by atoms with van der Waals surface area (Å²) in [6, 6.07) is 64.9. The molecule has 0 amide bonds. The van der Waals surface area contributed by atoms with Gasteiger partial charge in [-0.1, -0.05) is 178 Å². The lowest BCUT2D eigenvalue weighted by atomic mass is 9.82. The molecule has 3 heterocycles. The third-order valence-electron chi connectivity index (χ3n) is 12.2. The predicted octanol–water partition coefficient (Wildman–Crippen LogP) is 14.0. The van der Waals surface area contributed by atoms with Gasteiger partial charge in [-0.2, -0.15) is 9.97 Å². The second-order valence-electron chi connectivity index (χ2n) is 15.9. The van der Waals surface area contributed by atoms with E-state index in [0.717, 1.165) is 49.7 Å². The van der Waals surface area contributed by atoms with Crippen LogP contribution in [0.2, 0.25) is 0 Å². The smallest absolute Gasteiger partial charge is 0.238 e. The van der Waals surface area contributed by atoms with E-state index in [2.05, 4.69) is 175 Å². The Bertz CT molecular complexity index is 3320. The fourth-order valence-corrected chi connectivity index (χ4v) is 9.06. The molecule has 0 spiro atoms. The van der Waals surface area contributed by atoms with E-state index in [1.165, 1.54) is 38.2 Å². The Balaban J connectivity index is 1.24. The van der Waals surface area contributed by atoms with E-state index in [-0.39, 0.29) is 0 Å². The summed E-state index contributed by atoms with van der Waals surface area (Å²) in [7, 11) is 0. The summed E-state index contributed by atoms with van der Waals surface area (Å²) >= 11 is 0. The third kappa shape index (κ3) is 5.65. The standard InChI is InChI=1S/C54H41N5/c1-34(2)35(3)49-41-24-11-10-17-36(41)29-30-42(49)39-22-16-23-40(33-39)58-47-27-14-12-25-43(47)45-31-32-46-44-26-13-15-28-48(44)59(51(46)50(45)58)54-56-52(37-18-6-4-7-19-37)55-53(57-54)38-20-8-5-9-21-38/h4-35H,1-3H3. The molecule has 1 unspecified atom stereocenters. The van der Waals surface area contributed by atoms with Gasteiger partial charge in [0.15, 0.2) is 11.6 Å². The molecule has 0 saturated heterocycles. The Kier molecular flexibility index (Phi) is 8.22. The molecular weight excluding hydrogens is 719 g/mol. The van der Waals surface area contributed by atoms with Gasteiger partial charge < -0.3 is 4.57 Å². The van der Waals surface area contributed by atoms with Crippen LogP contribution in [0.25, 0.3) is 99.9 Å². The van der Waals surface area contributed by atoms with Gasteiger partial charge in [0, 0.05) is 38.4 Å². The minimum absolute atomic E-state index is 0.366. The number of rotatable bonds is 7. The van der Waals surface area contributed by atoms with Gasteiger partial charge in [-0.15, -0.1) is 0 Å². The first-order chi connectivity index (χ1) is 29.0. The molecule has 0 aliphatic rings. The SMILES string of the molecule is CC(C)C(C)c1c(-c2cccc(-n3c4ccccc4c4ccc5c6ccccc6n(-c6nc(-c7ccccc7)nc(-c7ccccc7)n6)c5c43)c2)ccc2ccccc12. The zero-order chi connectivity index (χ0) is 39.6. The normalized spacial score (nSPS) is 12.4. The number of benzene rings is 8. The van der Waals surface area contributed by atoms with E-state index < -0.39 is 0 Å². The topological polar surface area (TPSA) is 48.5 Å². The van der Waals surface area contributed by atoms with E-state index in [1.807, 2.05) is 36.4 Å². The zero-order valence-electron chi connectivity index (χ0n) is 33.2. The highest BCUT2D eigenvalue weighted by molar-refractivity contribution is 6.23. The van der Waals surface area contributed by atoms with Crippen LogP contribution in [0.4, 0.5) is 0 Å². The lowest BCUT2D eigenvalue weighted by Gasteiger charge is -2.23. The predicted molar refractivity (Wildman–Crippen MR) is 246 cm³/mol. The van der Waals surface area contributed by atoms with Crippen LogP contribution in [0, 0.1) is 5.92 Å². The molecule has 5 heteroatoms. The van der Waals surface area contributed by atoms with Gasteiger partial charge in [0.1, 0.15) is 0 Å². The lowest BCUT2D eigenvalue weighted by Crippen LogP contribution is -2.07. The molecule has 0 N–H and O–H groups in total. The maximum absolute atomic E-state index is 5.29. The fraction of sp³-hybridized carbons (Fsp3) is 0.0926. The molecule has 11 rings (SSSR count). The van der Waals surface area contributed by atoms with Crippen LogP contribution in [-0.2, 0) is 0 Å². The van der Waals surface area contributed by atoms with E-state index >= 15 is 0 Å². The summed E-state index contributed by atoms with van der Waals surface area (Å²) in [4.78, 5) is 15.6. The van der Waals surface area contributed by atoms with Crippen molar-refractivity contribution < 1.29 is 0 Å². The molecule has 282 valence electrons. The van der Waals surface area contributed by atoms with Crippen LogP contribution in [-0.4, -0.2) is 24.1 Å². The molecule has 3 aromatic heterocycles. The summed E-state index contributed by atoms with van der Waals surface area (Å²) in [6.45, 7) is 7.02. The van der Waals surface area contributed by atoms with Crippen LogP contribution in [0.3, 0.4) is 0 Å². The van der Waals surface area contributed by atoms with Gasteiger partial charge in [0.25, 0.3) is 0 Å². The number of hydrogen-bond donors (Lipinski definition) is 0. The van der Waals surface area contributed by atoms with E-state index in [9.17, 15) is 0 Å². The van der Waals surface area contributed by atoms with Gasteiger partial charge in [-0.05, 0) is 63.6 Å². The summed E-state index contributed by atoms with van der Waals surface area (Å²) in [5, 5.41) is 7.23. The molecule has 0 aliphatic carbocycles. The van der Waals surface area contributed by atoms with Crippen molar-refractivity contribution in [2.75, 3.05) is 0 Å². The number of fused-ring (bicyclic) bond motifs is 8. The number of hydrogen-bond acceptors (Lipinski definition) is 3. The molecule has 0 aliphatic heterocycles. The lowest BCUT2D eigenvalue weighted by molar-refractivity contribution is 0.539. The highest BCUT2D eigenvalue weighted by Crippen LogP contribution is 2.43. The van der Waals surface area contributed by atoms with Crippen LogP contribution in [0.1, 0.15) is 32.3 Å². The molecule has 59 heavy (non-hydrogen) atoms. The molecular formula is C54H41N5. The average molecular weight is 760 g/mol. The van der Waals surface area contributed by atoms with Crippen molar-refractivity contribution >= 4 is 54.4 Å². The first-order valence-electron chi connectivity index (χ1n) is 20.5. The molecule has 11 aromatic rings. The van der Waals surface area contributed by atoms with Crippen molar-refractivity contribution in [3.05, 3.63) is 188 Å². The average Bonchev–Trinajstić information content (AvgIpc) is 3.82. The maximum Gasteiger partial charge on any atom is 0.238 e. The molecule has 0 radical (unpaired) electrons. The number of aromatic nitrogens is 5. The van der Waals surface area contributed by atoms with Crippen molar-refractivity contribution in [1.29, 1.82) is 0 Å². The maximum atomic E-state index is 5.29. The first-order valence-corrected chi connectivity index (χ1v) is 20.5. The van der Waals surface area contributed by atoms with Crippen molar-refractivity contribution in [2.24, 2.45) is 5.92 Å². The van der Waals surface area contributed by atoms with Crippen molar-refractivity contribution in [1.82, 2.24) is 24.1 Å². The minimum Gasteiger partial charge on any atom is -0.307 e. The minimum atomic E-state index is 0.366. The number of nitrogens with zero attached hydrogens (tertiary/aromatic N) is 5.